The van der Waals surface area contributed by atoms with Crippen molar-refractivity contribution in [2.45, 2.75) is 32.9 Å². The molecule has 22 heavy (non-hydrogen) atoms. The van der Waals surface area contributed by atoms with Crippen molar-refractivity contribution in [3.8, 4) is 0 Å². The largest absolute Gasteiger partial charge is 0.387 e. The molecular formula is C16H22N4OS. The zero-order valence-corrected chi connectivity index (χ0v) is 14.3. The first-order valence-corrected chi connectivity index (χ1v) is 8.19. The number of aromatic nitrogens is 1. The lowest BCUT2D eigenvalue weighted by molar-refractivity contribution is 0.112. The molecule has 0 saturated carbocycles. The molecule has 1 atom stereocenters. The quantitative estimate of drug-likeness (QED) is 0.483. The van der Waals surface area contributed by atoms with Crippen molar-refractivity contribution in [3.63, 3.8) is 0 Å². The first-order valence-electron chi connectivity index (χ1n) is 7.37. The van der Waals surface area contributed by atoms with Crippen molar-refractivity contribution in [1.82, 2.24) is 9.88 Å². The Bertz CT molecular complexity index is 680. The van der Waals surface area contributed by atoms with Crippen LogP contribution in [0.15, 0.2) is 17.3 Å². The number of carbonyl (C=O) groups is 1. The van der Waals surface area contributed by atoms with E-state index >= 15 is 0 Å². The smallest absolute Gasteiger partial charge is 0.160 e. The van der Waals surface area contributed by atoms with E-state index in [-0.39, 0.29) is 0 Å². The molecule has 118 valence electrons. The van der Waals surface area contributed by atoms with Crippen LogP contribution in [-0.4, -0.2) is 42.6 Å². The molecular weight excluding hydrogens is 296 g/mol. The Morgan fingerprint density at radius 3 is 2.95 bits per heavy atom. The number of rotatable bonds is 7. The van der Waals surface area contributed by atoms with Crippen LogP contribution >= 0.6 is 11.3 Å². The van der Waals surface area contributed by atoms with E-state index in [9.17, 15) is 4.79 Å². The van der Waals surface area contributed by atoms with Crippen molar-refractivity contribution in [3.05, 3.63) is 22.7 Å². The fourth-order valence-electron chi connectivity index (χ4n) is 2.22. The molecule has 2 heterocycles. The highest BCUT2D eigenvalue weighted by atomic mass is 32.1. The zero-order valence-electron chi connectivity index (χ0n) is 13.5. The number of anilines is 1. The minimum absolute atomic E-state index is 0.447. The predicted octanol–water partition coefficient (Wildman–Crippen LogP) is 3.41. The molecule has 1 N–H and O–H groups in total. The summed E-state index contributed by atoms with van der Waals surface area (Å²) in [5.41, 5.74) is 1.93. The average Bonchev–Trinajstić information content (AvgIpc) is 2.91. The van der Waals surface area contributed by atoms with Gasteiger partial charge in [0.25, 0.3) is 0 Å². The molecule has 6 heteroatoms. The first kappa shape index (κ1) is 16.4. The molecule has 0 radical (unpaired) electrons. The maximum Gasteiger partial charge on any atom is 0.160 e. The number of fused-ring (bicyclic) bond motifs is 1. The number of pyridine rings is 1. The summed E-state index contributed by atoms with van der Waals surface area (Å²) >= 11 is 1.42. The van der Waals surface area contributed by atoms with Gasteiger partial charge in [0, 0.05) is 43.0 Å². The van der Waals surface area contributed by atoms with E-state index in [1.807, 2.05) is 26.5 Å². The Balaban J connectivity index is 2.33. The fourth-order valence-corrected chi connectivity index (χ4v) is 3.22. The Morgan fingerprint density at radius 1 is 1.55 bits per heavy atom. The van der Waals surface area contributed by atoms with E-state index in [1.54, 1.807) is 6.20 Å². The lowest BCUT2D eigenvalue weighted by Crippen LogP contribution is -2.26. The lowest BCUT2D eigenvalue weighted by atomic mass is 10.1. The molecule has 0 saturated heterocycles. The molecule has 0 spiro atoms. The second kappa shape index (κ2) is 7.35. The monoisotopic (exact) mass is 318 g/mol. The number of aliphatic imine (C=N–C) groups is 1. The van der Waals surface area contributed by atoms with Gasteiger partial charge in [-0.15, -0.1) is 11.3 Å². The molecule has 0 fully saturated rings. The van der Waals surface area contributed by atoms with Gasteiger partial charge in [-0.05, 0) is 19.4 Å². The van der Waals surface area contributed by atoms with Crippen LogP contribution in [0.25, 0.3) is 10.2 Å². The second-order valence-electron chi connectivity index (χ2n) is 5.23. The molecule has 0 bridgehead atoms. The fraction of sp³-hybridized carbons (Fsp3) is 0.438. The predicted molar refractivity (Wildman–Crippen MR) is 94.3 cm³/mol. The van der Waals surface area contributed by atoms with E-state index in [2.05, 4.69) is 34.0 Å². The van der Waals surface area contributed by atoms with Crippen LogP contribution in [0.3, 0.4) is 0 Å². The molecule has 1 unspecified atom stereocenters. The van der Waals surface area contributed by atoms with Crippen LogP contribution in [0, 0.1) is 0 Å². The van der Waals surface area contributed by atoms with Crippen molar-refractivity contribution >= 4 is 39.9 Å². The molecule has 0 amide bonds. The van der Waals surface area contributed by atoms with Gasteiger partial charge < -0.3 is 10.2 Å². The number of carbonyl (C=O) groups excluding carboxylic acids is 1. The van der Waals surface area contributed by atoms with E-state index in [0.717, 1.165) is 34.2 Å². The minimum atomic E-state index is 0.447. The molecule has 2 aromatic heterocycles. The molecule has 0 aliphatic heterocycles. The molecule has 2 rings (SSSR count). The number of nitrogens with one attached hydrogen (secondary N) is 1. The van der Waals surface area contributed by atoms with Crippen LogP contribution in [0.2, 0.25) is 0 Å². The lowest BCUT2D eigenvalue weighted by Gasteiger charge is -2.20. The maximum atomic E-state index is 11.3. The Hall–Kier alpha value is -1.95. The van der Waals surface area contributed by atoms with E-state index in [0.29, 0.717) is 17.5 Å². The Morgan fingerprint density at radius 2 is 2.32 bits per heavy atom. The summed E-state index contributed by atoms with van der Waals surface area (Å²) in [6.45, 7) is 4.79. The van der Waals surface area contributed by atoms with E-state index in [4.69, 9.17) is 0 Å². The normalized spacial score (nSPS) is 12.7. The number of nitrogens with zero attached hydrogens (tertiary/aromatic N) is 3. The van der Waals surface area contributed by atoms with E-state index in [1.165, 1.54) is 11.3 Å². The Labute approximate surface area is 135 Å². The summed E-state index contributed by atoms with van der Waals surface area (Å²) in [6, 6.07) is 2.37. The number of hydrogen-bond donors (Lipinski definition) is 1. The summed E-state index contributed by atoms with van der Waals surface area (Å²) in [4.78, 5) is 23.9. The van der Waals surface area contributed by atoms with Gasteiger partial charge in [-0.25, -0.2) is 4.98 Å². The average molecular weight is 318 g/mol. The summed E-state index contributed by atoms with van der Waals surface area (Å²) < 4.78 is 0. The van der Waals surface area contributed by atoms with E-state index < -0.39 is 0 Å². The standard InChI is InChI=1S/C16H22N4OS/c1-5-11(2)20(4)10-18-8-12-14(9-21)22-16-15(12)13(17-3)6-7-19-16/h6-7,9-11H,5,8H2,1-4H3,(H,17,19). The van der Waals surface area contributed by atoms with Gasteiger partial charge in [0.2, 0.25) is 0 Å². The maximum absolute atomic E-state index is 11.3. The Kier molecular flexibility index (Phi) is 5.49. The van der Waals surface area contributed by atoms with Crippen molar-refractivity contribution < 1.29 is 4.79 Å². The molecule has 0 aromatic carbocycles. The number of hydrogen-bond acceptors (Lipinski definition) is 5. The summed E-state index contributed by atoms with van der Waals surface area (Å²) in [5, 5.41) is 4.16. The van der Waals surface area contributed by atoms with Gasteiger partial charge in [-0.1, -0.05) is 6.92 Å². The molecule has 0 aliphatic rings. The van der Waals surface area contributed by atoms with Gasteiger partial charge in [0.1, 0.15) is 4.83 Å². The third-order valence-electron chi connectivity index (χ3n) is 3.90. The third-order valence-corrected chi connectivity index (χ3v) is 4.96. The van der Waals surface area contributed by atoms with Crippen molar-refractivity contribution in [1.29, 1.82) is 0 Å². The molecule has 2 aromatic rings. The highest BCUT2D eigenvalue weighted by Crippen LogP contribution is 2.34. The van der Waals surface area contributed by atoms with Crippen LogP contribution in [0.4, 0.5) is 5.69 Å². The first-order chi connectivity index (χ1) is 10.6. The van der Waals surface area contributed by atoms with Crippen LogP contribution in [0.5, 0.6) is 0 Å². The van der Waals surface area contributed by atoms with Gasteiger partial charge in [-0.2, -0.15) is 0 Å². The van der Waals surface area contributed by atoms with Crippen molar-refractivity contribution in [2.75, 3.05) is 19.4 Å². The third kappa shape index (κ3) is 3.27. The van der Waals surface area contributed by atoms with Crippen LogP contribution in [0.1, 0.15) is 35.5 Å². The highest BCUT2D eigenvalue weighted by molar-refractivity contribution is 7.20. The van der Waals surface area contributed by atoms with Crippen LogP contribution < -0.4 is 5.32 Å². The van der Waals surface area contributed by atoms with Gasteiger partial charge in [0.15, 0.2) is 6.29 Å². The van der Waals surface area contributed by atoms with Gasteiger partial charge in [-0.3, -0.25) is 9.79 Å². The summed E-state index contributed by atoms with van der Waals surface area (Å²) in [5.74, 6) is 0. The zero-order chi connectivity index (χ0) is 16.1. The van der Waals surface area contributed by atoms with Gasteiger partial charge >= 0.3 is 0 Å². The number of aldehydes is 1. The topological polar surface area (TPSA) is 57.6 Å². The molecule has 5 nitrogen and oxygen atoms in total. The highest BCUT2D eigenvalue weighted by Gasteiger charge is 2.15. The van der Waals surface area contributed by atoms with Crippen molar-refractivity contribution in [2.24, 2.45) is 4.99 Å². The minimum Gasteiger partial charge on any atom is -0.387 e. The SMILES string of the molecule is CCC(C)N(C)C=NCc1c(C=O)sc2nccc(NC)c12. The second-order valence-corrected chi connectivity index (χ2v) is 6.26. The summed E-state index contributed by atoms with van der Waals surface area (Å²) in [6.07, 6.45) is 5.57. The molecule has 0 aliphatic carbocycles. The van der Waals surface area contributed by atoms with Gasteiger partial charge in [0.05, 0.1) is 17.8 Å². The number of thiophene rings is 1. The summed E-state index contributed by atoms with van der Waals surface area (Å²) in [7, 11) is 3.89. The van der Waals surface area contributed by atoms with Crippen LogP contribution in [-0.2, 0) is 6.54 Å².